The van der Waals surface area contributed by atoms with Gasteiger partial charge >= 0.3 is 5.97 Å². The van der Waals surface area contributed by atoms with Crippen LogP contribution in [0.25, 0.3) is 0 Å². The van der Waals surface area contributed by atoms with Crippen LogP contribution in [0.15, 0.2) is 11.6 Å². The Morgan fingerprint density at radius 1 is 1.15 bits per heavy atom. The van der Waals surface area contributed by atoms with Crippen molar-refractivity contribution < 1.29 is 19.4 Å². The van der Waals surface area contributed by atoms with E-state index in [1.165, 1.54) is 5.57 Å². The molecule has 0 radical (unpaired) electrons. The van der Waals surface area contributed by atoms with E-state index in [2.05, 4.69) is 90.9 Å². The molecule has 1 aliphatic heterocycles. The molecule has 48 heavy (non-hydrogen) atoms. The van der Waals surface area contributed by atoms with Crippen LogP contribution < -0.4 is 11.1 Å². The number of nitrogens with zero attached hydrogens (tertiary/aromatic N) is 4. The van der Waals surface area contributed by atoms with Crippen molar-refractivity contribution in [3.8, 4) is 0 Å². The molecule has 1 saturated heterocycles. The number of fused-ring (bicyclic) bond motifs is 3. The largest absolute Gasteiger partial charge is 0.481 e. The SMILES string of the molecule is CNc1nnn([C@@H]2C[C@@]34COC[C@@](C)([C@@H]3CC[C@H]3C4=CC[C@@]4(C)C(C(=O)O)[C@@](C)([C@H](C)C(C)C)CC[C@]34C)[C@H]2OCC(C)(N)C(C)C)n1. The summed E-state index contributed by atoms with van der Waals surface area (Å²) in [6, 6.07) is -0.151. The third-order valence-electron chi connectivity index (χ3n) is 15.9. The fraction of sp³-hybridized carbons (Fsp3) is 0.895. The van der Waals surface area contributed by atoms with Gasteiger partial charge < -0.3 is 25.6 Å². The first-order valence-corrected chi connectivity index (χ1v) is 18.7. The second-order valence-corrected chi connectivity index (χ2v) is 18.7. The lowest BCUT2D eigenvalue weighted by Gasteiger charge is -2.71. The maximum Gasteiger partial charge on any atom is 0.307 e. The number of aliphatic carboxylic acids is 1. The van der Waals surface area contributed by atoms with E-state index in [1.54, 1.807) is 4.80 Å². The second kappa shape index (κ2) is 11.8. The van der Waals surface area contributed by atoms with E-state index in [1.807, 2.05) is 7.05 Å². The Morgan fingerprint density at radius 2 is 1.85 bits per heavy atom. The van der Waals surface area contributed by atoms with Crippen molar-refractivity contribution >= 4 is 11.9 Å². The van der Waals surface area contributed by atoms with E-state index in [4.69, 9.17) is 20.3 Å². The van der Waals surface area contributed by atoms with E-state index in [0.29, 0.717) is 49.4 Å². The highest BCUT2D eigenvalue weighted by Crippen LogP contribution is 2.75. The molecule has 5 aliphatic rings. The van der Waals surface area contributed by atoms with E-state index in [-0.39, 0.29) is 45.1 Å². The van der Waals surface area contributed by atoms with Crippen LogP contribution in [-0.4, -0.2) is 69.8 Å². The number of nitrogens with one attached hydrogen (secondary N) is 1. The van der Waals surface area contributed by atoms with Gasteiger partial charge in [-0.25, -0.2) is 0 Å². The quantitative estimate of drug-likeness (QED) is 0.249. The van der Waals surface area contributed by atoms with Crippen molar-refractivity contribution in [3.63, 3.8) is 0 Å². The Hall–Kier alpha value is -2.04. The number of nitrogens with two attached hydrogens (primary N) is 1. The van der Waals surface area contributed by atoms with Crippen LogP contribution >= 0.6 is 0 Å². The van der Waals surface area contributed by atoms with Gasteiger partial charge in [0.25, 0.3) is 5.95 Å². The third-order valence-corrected chi connectivity index (χ3v) is 15.9. The Kier molecular flexibility index (Phi) is 8.76. The second-order valence-electron chi connectivity index (χ2n) is 18.7. The highest BCUT2D eigenvalue weighted by molar-refractivity contribution is 5.73. The minimum Gasteiger partial charge on any atom is -0.481 e. The smallest absolute Gasteiger partial charge is 0.307 e. The monoisotopic (exact) mass is 668 g/mol. The number of rotatable bonds is 9. The Balaban J connectivity index is 1.45. The van der Waals surface area contributed by atoms with E-state index in [9.17, 15) is 9.90 Å². The maximum atomic E-state index is 13.4. The molecule has 2 bridgehead atoms. The van der Waals surface area contributed by atoms with Crippen molar-refractivity contribution in [1.29, 1.82) is 0 Å². The number of anilines is 1. The molecule has 12 atom stereocenters. The van der Waals surface area contributed by atoms with E-state index in [0.717, 1.165) is 38.5 Å². The zero-order chi connectivity index (χ0) is 35.2. The molecule has 4 N–H and O–H groups in total. The predicted molar refractivity (Wildman–Crippen MR) is 187 cm³/mol. The van der Waals surface area contributed by atoms with Crippen molar-refractivity contribution in [2.24, 2.45) is 68.3 Å². The molecule has 270 valence electrons. The van der Waals surface area contributed by atoms with Gasteiger partial charge in [0, 0.05) is 23.4 Å². The highest BCUT2D eigenvalue weighted by Gasteiger charge is 2.72. The van der Waals surface area contributed by atoms with Crippen molar-refractivity contribution in [1.82, 2.24) is 20.2 Å². The first-order valence-electron chi connectivity index (χ1n) is 18.7. The summed E-state index contributed by atoms with van der Waals surface area (Å²) < 4.78 is 13.7. The van der Waals surface area contributed by atoms with Crippen LogP contribution in [0.2, 0.25) is 0 Å². The summed E-state index contributed by atoms with van der Waals surface area (Å²) in [5, 5.41) is 27.8. The summed E-state index contributed by atoms with van der Waals surface area (Å²) in [6.07, 6.45) is 7.95. The number of ether oxygens (including phenoxy) is 2. The molecule has 0 amide bonds. The average Bonchev–Trinajstić information content (AvgIpc) is 3.49. The number of hydrogen-bond acceptors (Lipinski definition) is 8. The summed E-state index contributed by atoms with van der Waals surface area (Å²) in [6.45, 7) is 24.2. The molecule has 4 fully saturated rings. The lowest BCUT2D eigenvalue weighted by molar-refractivity contribution is -0.253. The normalized spacial score (nSPS) is 44.2. The molecule has 0 spiro atoms. The van der Waals surface area contributed by atoms with Gasteiger partial charge in [0.2, 0.25) is 0 Å². The number of carbonyl (C=O) groups is 1. The number of allylic oxidation sites excluding steroid dienone is 1. The summed E-state index contributed by atoms with van der Waals surface area (Å²) in [4.78, 5) is 15.2. The molecule has 4 aliphatic carbocycles. The van der Waals surface area contributed by atoms with Gasteiger partial charge in [0.05, 0.1) is 31.8 Å². The van der Waals surface area contributed by atoms with Gasteiger partial charge in [-0.1, -0.05) is 79.1 Å². The Labute approximate surface area is 288 Å². The van der Waals surface area contributed by atoms with Crippen LogP contribution in [0, 0.1) is 62.6 Å². The van der Waals surface area contributed by atoms with Gasteiger partial charge in [-0.05, 0) is 96.5 Å². The van der Waals surface area contributed by atoms with Crippen LogP contribution in [0.5, 0.6) is 0 Å². The summed E-state index contributed by atoms with van der Waals surface area (Å²) in [5.41, 5.74) is 6.52. The average molecular weight is 669 g/mol. The molecule has 10 heteroatoms. The zero-order valence-electron chi connectivity index (χ0n) is 31.6. The lowest BCUT2D eigenvalue weighted by Crippen LogP contribution is -2.69. The van der Waals surface area contributed by atoms with Gasteiger partial charge in [-0.2, -0.15) is 4.80 Å². The predicted octanol–water partition coefficient (Wildman–Crippen LogP) is 6.60. The Morgan fingerprint density at radius 3 is 2.46 bits per heavy atom. The minimum absolute atomic E-state index is 0.143. The topological polar surface area (TPSA) is 137 Å². The molecule has 2 heterocycles. The molecule has 10 nitrogen and oxygen atoms in total. The van der Waals surface area contributed by atoms with Crippen molar-refractivity contribution in [3.05, 3.63) is 11.6 Å². The molecule has 6 rings (SSSR count). The molecule has 1 aromatic rings. The number of carboxylic acids is 1. The first-order chi connectivity index (χ1) is 22.3. The number of carboxylic acid groups (broad SMARTS) is 1. The lowest BCUT2D eigenvalue weighted by atomic mass is 9.34. The number of tetrazole rings is 1. The van der Waals surface area contributed by atoms with E-state index >= 15 is 0 Å². The molecular weight excluding hydrogens is 604 g/mol. The minimum atomic E-state index is -0.626. The van der Waals surface area contributed by atoms with Crippen LogP contribution in [0.4, 0.5) is 5.95 Å². The first kappa shape index (κ1) is 35.8. The molecule has 3 saturated carbocycles. The third kappa shape index (κ3) is 4.88. The molecule has 1 aromatic heterocycles. The fourth-order valence-electron chi connectivity index (χ4n) is 12.0. The highest BCUT2D eigenvalue weighted by atomic mass is 16.5. The van der Waals surface area contributed by atoms with Gasteiger partial charge in [0.1, 0.15) is 6.04 Å². The van der Waals surface area contributed by atoms with Crippen molar-refractivity contribution in [2.75, 3.05) is 32.2 Å². The standard InChI is InChI=1S/C38H64N6O4/c1-22(2)24(5)33(6)16-17-35(8)25-12-13-28-34(7)19-47-21-38(28,26(25)14-15-36(35,9)29(33)31(45)46)18-27(44-42-32(40-11)41-43-44)30(34)48-20-37(10,39)23(3)4/h14,22-25,27-30H,12-13,15-21,39H2,1-11H3,(H,40,42)(H,45,46)/t24-,25+,27-,28+,29?,30+,33-,34+,35-,36+,37?,38+/m1/s1. The molecule has 2 unspecified atom stereocenters. The van der Waals surface area contributed by atoms with Crippen LogP contribution in [0.3, 0.4) is 0 Å². The van der Waals surface area contributed by atoms with Crippen molar-refractivity contribution in [2.45, 2.75) is 125 Å². The maximum absolute atomic E-state index is 13.4. The number of aromatic nitrogens is 4. The van der Waals surface area contributed by atoms with Crippen LogP contribution in [-0.2, 0) is 14.3 Å². The number of hydrogen-bond donors (Lipinski definition) is 3. The summed E-state index contributed by atoms with van der Waals surface area (Å²) in [7, 11) is 1.81. The van der Waals surface area contributed by atoms with Gasteiger partial charge in [-0.15, -0.1) is 5.10 Å². The fourth-order valence-corrected chi connectivity index (χ4v) is 12.0. The molecule has 0 aromatic carbocycles. The van der Waals surface area contributed by atoms with Gasteiger partial charge in [0.15, 0.2) is 0 Å². The summed E-state index contributed by atoms with van der Waals surface area (Å²) >= 11 is 0. The van der Waals surface area contributed by atoms with Crippen LogP contribution in [0.1, 0.15) is 114 Å². The summed E-state index contributed by atoms with van der Waals surface area (Å²) in [5.74, 6) is 1.09. The Bertz CT molecular complexity index is 1430. The van der Waals surface area contributed by atoms with Gasteiger partial charge in [-0.3, -0.25) is 4.79 Å². The zero-order valence-corrected chi connectivity index (χ0v) is 31.6. The molecular formula is C38H64N6O4. The van der Waals surface area contributed by atoms with E-state index < -0.39 is 17.4 Å².